The van der Waals surface area contributed by atoms with E-state index in [1.54, 1.807) is 6.07 Å². The van der Waals surface area contributed by atoms with Gasteiger partial charge in [-0.05, 0) is 49.4 Å². The number of rotatable bonds is 3. The lowest BCUT2D eigenvalue weighted by Gasteiger charge is -2.11. The van der Waals surface area contributed by atoms with Gasteiger partial charge in [-0.25, -0.2) is 4.98 Å². The van der Waals surface area contributed by atoms with E-state index < -0.39 is 11.7 Å². The number of nitrogen functional groups attached to an aromatic ring is 1. The Morgan fingerprint density at radius 3 is 2.41 bits per heavy atom. The summed E-state index contributed by atoms with van der Waals surface area (Å²) >= 11 is 3.45. The van der Waals surface area contributed by atoms with E-state index in [4.69, 9.17) is 5.73 Å². The van der Waals surface area contributed by atoms with Gasteiger partial charge in [0.1, 0.15) is 17.5 Å². The number of hydrogen-bond acceptors (Lipinski definition) is 5. The largest absolute Gasteiger partial charge is 0.416 e. The highest BCUT2D eigenvalue weighted by molar-refractivity contribution is 9.10. The van der Waals surface area contributed by atoms with Crippen LogP contribution in [0, 0.1) is 6.92 Å². The molecule has 0 aliphatic rings. The van der Waals surface area contributed by atoms with Gasteiger partial charge in [0.15, 0.2) is 0 Å². The maximum atomic E-state index is 12.7. The van der Waals surface area contributed by atoms with Crippen molar-refractivity contribution in [3.8, 4) is 5.82 Å². The lowest BCUT2D eigenvalue weighted by molar-refractivity contribution is -0.137. The fourth-order valence-electron chi connectivity index (χ4n) is 2.95. The Hall–Kier alpha value is -3.14. The number of imidazole rings is 1. The van der Waals surface area contributed by atoms with Gasteiger partial charge in [0.25, 0.3) is 0 Å². The van der Waals surface area contributed by atoms with Crippen LogP contribution in [0.5, 0.6) is 0 Å². The van der Waals surface area contributed by atoms with E-state index in [1.807, 2.05) is 29.7 Å². The molecule has 0 amide bonds. The fraction of sp³-hybridized carbons (Fsp3) is 0.105. The standard InChI is InChI=1S/C19H14BrF3N6/c1-10-25-14-7-4-12(20)8-15(14)29(10)17-9-16(24)27-18(28-17)26-13-5-2-11(3-6-13)19(21,22)23/h2-9H,1H3,(H3,24,26,27,28). The molecule has 10 heteroatoms. The van der Waals surface area contributed by atoms with Gasteiger partial charge in [-0.3, -0.25) is 4.57 Å². The van der Waals surface area contributed by atoms with Gasteiger partial charge in [-0.15, -0.1) is 0 Å². The summed E-state index contributed by atoms with van der Waals surface area (Å²) in [5, 5.41) is 2.89. The average molecular weight is 463 g/mol. The zero-order chi connectivity index (χ0) is 20.8. The van der Waals surface area contributed by atoms with E-state index in [9.17, 15) is 13.2 Å². The summed E-state index contributed by atoms with van der Waals surface area (Å²) in [5.41, 5.74) is 7.24. The Morgan fingerprint density at radius 1 is 1.00 bits per heavy atom. The molecule has 0 spiro atoms. The van der Waals surface area contributed by atoms with E-state index in [-0.39, 0.29) is 11.8 Å². The topological polar surface area (TPSA) is 81.7 Å². The SMILES string of the molecule is Cc1nc2ccc(Br)cc2n1-c1cc(N)nc(Nc2ccc(C(F)(F)F)cc2)n1. The monoisotopic (exact) mass is 462 g/mol. The number of aryl methyl sites for hydroxylation is 1. The molecule has 4 aromatic rings. The first-order valence-corrected chi connectivity index (χ1v) is 9.24. The number of fused-ring (bicyclic) bond motifs is 1. The van der Waals surface area contributed by atoms with Crippen molar-refractivity contribution in [2.75, 3.05) is 11.1 Å². The van der Waals surface area contributed by atoms with Crippen LogP contribution in [0.2, 0.25) is 0 Å². The summed E-state index contributed by atoms with van der Waals surface area (Å²) in [4.78, 5) is 13.1. The van der Waals surface area contributed by atoms with Crippen LogP contribution in [0.1, 0.15) is 11.4 Å². The normalized spacial score (nSPS) is 11.8. The van der Waals surface area contributed by atoms with Crippen molar-refractivity contribution in [1.82, 2.24) is 19.5 Å². The molecule has 0 unspecified atom stereocenters. The molecule has 0 aliphatic carbocycles. The highest BCUT2D eigenvalue weighted by atomic mass is 79.9. The number of nitrogens with zero attached hydrogens (tertiary/aromatic N) is 4. The number of anilines is 3. The first-order valence-electron chi connectivity index (χ1n) is 8.44. The van der Waals surface area contributed by atoms with E-state index >= 15 is 0 Å². The van der Waals surface area contributed by atoms with Gasteiger partial charge in [0.05, 0.1) is 16.6 Å². The number of nitrogens with one attached hydrogen (secondary N) is 1. The molecular formula is C19H14BrF3N6. The lowest BCUT2D eigenvalue weighted by Crippen LogP contribution is -2.07. The summed E-state index contributed by atoms with van der Waals surface area (Å²) in [6, 6.07) is 11.9. The molecule has 29 heavy (non-hydrogen) atoms. The van der Waals surface area contributed by atoms with Crippen LogP contribution in [0.15, 0.2) is 53.0 Å². The molecule has 0 bridgehead atoms. The minimum absolute atomic E-state index is 0.163. The molecule has 3 N–H and O–H groups in total. The Balaban J connectivity index is 1.72. The van der Waals surface area contributed by atoms with Crippen molar-refractivity contribution in [3.05, 3.63) is 64.4 Å². The number of aromatic nitrogens is 4. The Labute approximate surface area is 171 Å². The molecule has 2 heterocycles. The molecule has 0 radical (unpaired) electrons. The van der Waals surface area contributed by atoms with Crippen molar-refractivity contribution < 1.29 is 13.2 Å². The van der Waals surface area contributed by atoms with E-state index in [0.717, 1.165) is 27.6 Å². The number of alkyl halides is 3. The smallest absolute Gasteiger partial charge is 0.383 e. The fourth-order valence-corrected chi connectivity index (χ4v) is 3.30. The first kappa shape index (κ1) is 19.2. The number of nitrogens with two attached hydrogens (primary N) is 1. The van der Waals surface area contributed by atoms with E-state index in [2.05, 4.69) is 36.2 Å². The minimum atomic E-state index is -4.40. The molecule has 0 saturated heterocycles. The van der Waals surface area contributed by atoms with Crippen LogP contribution >= 0.6 is 15.9 Å². The zero-order valence-electron chi connectivity index (χ0n) is 15.0. The predicted octanol–water partition coefficient (Wildman–Crippen LogP) is 5.23. The van der Waals surface area contributed by atoms with Crippen LogP contribution in [-0.2, 0) is 6.18 Å². The third kappa shape index (κ3) is 3.88. The second-order valence-corrected chi connectivity index (χ2v) is 7.22. The summed E-state index contributed by atoms with van der Waals surface area (Å²) in [5.74, 6) is 1.57. The van der Waals surface area contributed by atoms with Crippen LogP contribution in [-0.4, -0.2) is 19.5 Å². The second-order valence-electron chi connectivity index (χ2n) is 6.30. The molecule has 0 fully saturated rings. The van der Waals surface area contributed by atoms with Crippen LogP contribution in [0.3, 0.4) is 0 Å². The van der Waals surface area contributed by atoms with Gasteiger partial charge in [-0.2, -0.15) is 23.1 Å². The van der Waals surface area contributed by atoms with Crippen molar-refractivity contribution in [1.29, 1.82) is 0 Å². The quantitative estimate of drug-likeness (QED) is 0.435. The molecule has 148 valence electrons. The summed E-state index contributed by atoms with van der Waals surface area (Å²) in [6.07, 6.45) is -4.40. The Kier molecular flexibility index (Phi) is 4.65. The van der Waals surface area contributed by atoms with Gasteiger partial charge in [-0.1, -0.05) is 15.9 Å². The Morgan fingerprint density at radius 2 is 1.72 bits per heavy atom. The van der Waals surface area contributed by atoms with Gasteiger partial charge < -0.3 is 11.1 Å². The van der Waals surface area contributed by atoms with Crippen LogP contribution in [0.4, 0.5) is 30.6 Å². The highest BCUT2D eigenvalue weighted by Gasteiger charge is 2.30. The third-order valence-corrected chi connectivity index (χ3v) is 4.71. The average Bonchev–Trinajstić information content (AvgIpc) is 2.96. The number of halogens is 4. The first-order chi connectivity index (χ1) is 13.7. The van der Waals surface area contributed by atoms with Crippen molar-refractivity contribution in [2.45, 2.75) is 13.1 Å². The second kappa shape index (κ2) is 7.03. The zero-order valence-corrected chi connectivity index (χ0v) is 16.6. The Bertz CT molecular complexity index is 1200. The minimum Gasteiger partial charge on any atom is -0.383 e. The molecule has 0 aliphatic heterocycles. The van der Waals surface area contributed by atoms with E-state index in [0.29, 0.717) is 17.3 Å². The maximum Gasteiger partial charge on any atom is 0.416 e. The molecule has 4 rings (SSSR count). The molecule has 2 aromatic heterocycles. The van der Waals surface area contributed by atoms with Crippen LogP contribution < -0.4 is 11.1 Å². The third-order valence-electron chi connectivity index (χ3n) is 4.21. The summed E-state index contributed by atoms with van der Waals surface area (Å²) < 4.78 is 40.9. The molecular weight excluding hydrogens is 449 g/mol. The highest BCUT2D eigenvalue weighted by Crippen LogP contribution is 2.30. The van der Waals surface area contributed by atoms with E-state index in [1.165, 1.54) is 12.1 Å². The lowest BCUT2D eigenvalue weighted by atomic mass is 10.2. The van der Waals surface area contributed by atoms with Gasteiger partial charge in [0.2, 0.25) is 5.95 Å². The molecule has 2 aromatic carbocycles. The molecule has 6 nitrogen and oxygen atoms in total. The van der Waals surface area contributed by atoms with Crippen LogP contribution in [0.25, 0.3) is 16.9 Å². The molecule has 0 saturated carbocycles. The maximum absolute atomic E-state index is 12.7. The predicted molar refractivity (Wildman–Crippen MR) is 108 cm³/mol. The summed E-state index contributed by atoms with van der Waals surface area (Å²) in [6.45, 7) is 1.84. The van der Waals surface area contributed by atoms with Gasteiger partial charge >= 0.3 is 6.18 Å². The number of benzene rings is 2. The van der Waals surface area contributed by atoms with Crippen molar-refractivity contribution >= 4 is 44.4 Å². The molecule has 0 atom stereocenters. The number of hydrogen-bond donors (Lipinski definition) is 2. The van der Waals surface area contributed by atoms with Crippen molar-refractivity contribution in [3.63, 3.8) is 0 Å². The van der Waals surface area contributed by atoms with Crippen molar-refractivity contribution in [2.24, 2.45) is 0 Å². The van der Waals surface area contributed by atoms with Gasteiger partial charge in [0, 0.05) is 16.2 Å². The summed E-state index contributed by atoms with van der Waals surface area (Å²) in [7, 11) is 0.